The van der Waals surface area contributed by atoms with E-state index in [2.05, 4.69) is 86.6 Å². The van der Waals surface area contributed by atoms with Crippen LogP contribution in [0.15, 0.2) is 72.8 Å². The van der Waals surface area contributed by atoms with Crippen LogP contribution in [-0.4, -0.2) is 24.8 Å². The van der Waals surface area contributed by atoms with Crippen LogP contribution < -0.4 is 18.9 Å². The molecule has 0 spiro atoms. The minimum atomic E-state index is -0.342. The molecule has 0 amide bonds. The smallest absolute Gasteiger partial charge is 0.344 e. The number of hydrogen-bond acceptors (Lipinski definition) is 5. The Labute approximate surface area is 369 Å². The molecule has 5 nitrogen and oxygen atoms in total. The first-order chi connectivity index (χ1) is 29.3. The van der Waals surface area contributed by atoms with E-state index in [1.165, 1.54) is 56.9 Å². The lowest BCUT2D eigenvalue weighted by Crippen LogP contribution is -2.37. The number of ether oxygens (including phenoxy) is 4. The van der Waals surface area contributed by atoms with Gasteiger partial charge in [-0.25, -0.2) is 4.79 Å². The van der Waals surface area contributed by atoms with Gasteiger partial charge in [0.15, 0.2) is 0 Å². The largest absolute Gasteiger partial charge is 0.494 e. The van der Waals surface area contributed by atoms with Crippen molar-refractivity contribution in [3.63, 3.8) is 0 Å². The molecule has 1 aliphatic rings. The molecule has 0 radical (unpaired) electrons. The Hall–Kier alpha value is -4.51. The summed E-state index contributed by atoms with van der Waals surface area (Å²) in [5, 5.41) is 0. The van der Waals surface area contributed by atoms with Crippen LogP contribution in [0.2, 0.25) is 0 Å². The van der Waals surface area contributed by atoms with E-state index in [1.54, 1.807) is 0 Å². The maximum atomic E-state index is 14.4. The number of fused-ring (bicyclic) bond motifs is 1. The fraction of sp³-hybridized carbons (Fsp3) is 0.518. The number of rotatable bonds is 23. The molecule has 3 atom stereocenters. The van der Waals surface area contributed by atoms with Gasteiger partial charge < -0.3 is 18.9 Å². The van der Waals surface area contributed by atoms with Crippen molar-refractivity contribution in [1.29, 1.82) is 0 Å². The highest BCUT2D eigenvalue weighted by Gasteiger charge is 2.35. The summed E-state index contributed by atoms with van der Waals surface area (Å²) in [6.45, 7) is 23.3. The normalized spacial score (nSPS) is 16.1. The van der Waals surface area contributed by atoms with E-state index in [4.69, 9.17) is 18.9 Å². The molecule has 4 aromatic rings. The van der Waals surface area contributed by atoms with Crippen molar-refractivity contribution in [1.82, 2.24) is 0 Å². The average Bonchev–Trinajstić information content (AvgIpc) is 3.23. The van der Waals surface area contributed by atoms with Crippen LogP contribution in [-0.2, 0) is 6.42 Å². The highest BCUT2D eigenvalue weighted by molar-refractivity contribution is 6.00. The van der Waals surface area contributed by atoms with Gasteiger partial charge in [0.05, 0.1) is 18.8 Å². The van der Waals surface area contributed by atoms with Gasteiger partial charge in [-0.1, -0.05) is 121 Å². The van der Waals surface area contributed by atoms with Crippen LogP contribution in [0.5, 0.6) is 23.0 Å². The molecule has 0 fully saturated rings. The minimum Gasteiger partial charge on any atom is -0.494 e. The number of benzene rings is 4. The van der Waals surface area contributed by atoms with Crippen molar-refractivity contribution >= 4 is 17.6 Å². The van der Waals surface area contributed by atoms with Crippen LogP contribution in [0.1, 0.15) is 168 Å². The summed E-state index contributed by atoms with van der Waals surface area (Å²) in [5.74, 6) is 5.34. The lowest BCUT2D eigenvalue weighted by atomic mass is 9.83. The van der Waals surface area contributed by atoms with Gasteiger partial charge in [0, 0.05) is 5.56 Å². The van der Waals surface area contributed by atoms with Crippen molar-refractivity contribution in [2.45, 2.75) is 158 Å². The van der Waals surface area contributed by atoms with Gasteiger partial charge in [0.2, 0.25) is 0 Å². The Morgan fingerprint density at radius 2 is 1.38 bits per heavy atom. The average molecular weight is 829 g/mol. The maximum Gasteiger partial charge on any atom is 0.344 e. The van der Waals surface area contributed by atoms with E-state index in [-0.39, 0.29) is 11.6 Å². The maximum absolute atomic E-state index is 14.4. The van der Waals surface area contributed by atoms with Gasteiger partial charge >= 0.3 is 5.97 Å². The molecular formula is C56H76O5. The number of hydrogen-bond donors (Lipinski definition) is 0. The summed E-state index contributed by atoms with van der Waals surface area (Å²) in [4.78, 5) is 14.4. The second kappa shape index (κ2) is 23.1. The topological polar surface area (TPSA) is 54.0 Å². The van der Waals surface area contributed by atoms with Gasteiger partial charge in [-0.15, -0.1) is 0 Å². The van der Waals surface area contributed by atoms with E-state index in [0.29, 0.717) is 24.5 Å². The molecule has 0 bridgehead atoms. The van der Waals surface area contributed by atoms with Crippen molar-refractivity contribution in [3.05, 3.63) is 117 Å². The summed E-state index contributed by atoms with van der Waals surface area (Å²) in [6.07, 6.45) is 17.2. The van der Waals surface area contributed by atoms with Crippen molar-refractivity contribution < 1.29 is 23.7 Å². The molecule has 0 saturated carbocycles. The van der Waals surface area contributed by atoms with E-state index in [1.807, 2.05) is 61.5 Å². The summed E-state index contributed by atoms with van der Waals surface area (Å²) in [7, 11) is 0. The zero-order valence-corrected chi connectivity index (χ0v) is 39.4. The van der Waals surface area contributed by atoms with E-state index in [9.17, 15) is 4.79 Å². The summed E-state index contributed by atoms with van der Waals surface area (Å²) >= 11 is 0. The van der Waals surface area contributed by atoms with Crippen molar-refractivity contribution in [2.75, 3.05) is 13.2 Å². The number of allylic oxidation sites excluding steroid dienone is 1. The van der Waals surface area contributed by atoms with Crippen molar-refractivity contribution in [3.8, 4) is 23.0 Å². The van der Waals surface area contributed by atoms with E-state index < -0.39 is 0 Å². The summed E-state index contributed by atoms with van der Waals surface area (Å²) in [6, 6.07) is 24.0. The SMILES string of the molecule is CCOc1ccc(OCCC/C(=C/c2ccccc2)c2c(C)cccc2C(=O)Oc2c(C)c(C)c3c(c2C)CC[C@@](C)(CCC[C@H](C)CCC[C@H](C)CCCC(C)C)O3)cc1. The van der Waals surface area contributed by atoms with E-state index >= 15 is 0 Å². The molecule has 0 aromatic heterocycles. The lowest BCUT2D eigenvalue weighted by Gasteiger charge is -2.38. The van der Waals surface area contributed by atoms with Gasteiger partial charge in [-0.2, -0.15) is 0 Å². The number of esters is 1. The third-order valence-electron chi connectivity index (χ3n) is 13.0. The van der Waals surface area contributed by atoms with Gasteiger partial charge in [-0.3, -0.25) is 0 Å². The molecule has 0 unspecified atom stereocenters. The molecule has 5 rings (SSSR count). The Bertz CT molecular complexity index is 2030. The summed E-state index contributed by atoms with van der Waals surface area (Å²) in [5.41, 5.74) is 8.67. The summed E-state index contributed by atoms with van der Waals surface area (Å²) < 4.78 is 25.2. The molecule has 0 N–H and O–H groups in total. The van der Waals surface area contributed by atoms with Crippen LogP contribution >= 0.6 is 0 Å². The Kier molecular flexibility index (Phi) is 18.0. The highest BCUT2D eigenvalue weighted by atomic mass is 16.5. The zero-order valence-electron chi connectivity index (χ0n) is 39.4. The van der Waals surface area contributed by atoms with Crippen LogP contribution in [0.25, 0.3) is 11.6 Å². The molecule has 0 saturated heterocycles. The molecular weight excluding hydrogens is 753 g/mol. The molecule has 330 valence electrons. The molecule has 5 heteroatoms. The quantitative estimate of drug-likeness (QED) is 0.0323. The number of carbonyl (C=O) groups excluding carboxylic acids is 1. The first-order valence-electron chi connectivity index (χ1n) is 23.5. The predicted octanol–water partition coefficient (Wildman–Crippen LogP) is 15.5. The molecule has 0 aliphatic carbocycles. The van der Waals surface area contributed by atoms with Gasteiger partial charge in [-0.05, 0) is 167 Å². The fourth-order valence-electron chi connectivity index (χ4n) is 9.10. The van der Waals surface area contributed by atoms with Crippen LogP contribution in [0.4, 0.5) is 0 Å². The van der Waals surface area contributed by atoms with Crippen molar-refractivity contribution in [2.24, 2.45) is 17.8 Å². The zero-order chi connectivity index (χ0) is 43.9. The Morgan fingerprint density at radius 3 is 2.03 bits per heavy atom. The lowest BCUT2D eigenvalue weighted by molar-refractivity contribution is 0.0508. The minimum absolute atomic E-state index is 0.198. The third-order valence-corrected chi connectivity index (χ3v) is 13.0. The molecule has 1 aliphatic heterocycles. The fourth-order valence-corrected chi connectivity index (χ4v) is 9.10. The molecule has 61 heavy (non-hydrogen) atoms. The first-order valence-corrected chi connectivity index (χ1v) is 23.5. The second-order valence-corrected chi connectivity index (χ2v) is 18.7. The Morgan fingerprint density at radius 1 is 0.738 bits per heavy atom. The molecule has 4 aromatic carbocycles. The van der Waals surface area contributed by atoms with Gasteiger partial charge in [0.1, 0.15) is 28.6 Å². The standard InChI is InChI=1S/C56H76O5/c1-11-58-48-30-32-49(33-31-48)59-37-19-28-47(38-46-26-13-12-14-27-46)52-42(6)25-17-29-51(52)55(57)60-53-43(7)44(8)54-50(45(53)9)34-36-56(10,61-54)35-18-24-41(5)23-16-22-40(4)21-15-20-39(2)3/h12-14,17,25-27,29-33,38-41H,11,15-16,18-24,28,34-37H2,1-10H3/b47-38-/t40-,41-,56-/m1/s1. The third kappa shape index (κ3) is 13.7. The number of carbonyl (C=O) groups is 1. The first kappa shape index (κ1) is 47.5. The second-order valence-electron chi connectivity index (χ2n) is 18.7. The van der Waals surface area contributed by atoms with Gasteiger partial charge in [0.25, 0.3) is 0 Å². The van der Waals surface area contributed by atoms with E-state index in [0.717, 1.165) is 106 Å². The number of aryl methyl sites for hydroxylation is 1. The van der Waals surface area contributed by atoms with Crippen LogP contribution in [0, 0.1) is 45.4 Å². The predicted molar refractivity (Wildman–Crippen MR) is 256 cm³/mol. The Balaban J connectivity index is 1.25. The monoisotopic (exact) mass is 829 g/mol. The van der Waals surface area contributed by atoms with Crippen LogP contribution in [0.3, 0.4) is 0 Å². The highest BCUT2D eigenvalue weighted by Crippen LogP contribution is 2.45. The molecule has 1 heterocycles.